The van der Waals surface area contributed by atoms with E-state index in [0.717, 1.165) is 5.56 Å². The summed E-state index contributed by atoms with van der Waals surface area (Å²) in [6, 6.07) is 9.44. The van der Waals surface area contributed by atoms with Crippen molar-refractivity contribution in [3.63, 3.8) is 0 Å². The summed E-state index contributed by atoms with van der Waals surface area (Å²) in [4.78, 5) is 0. The maximum Gasteiger partial charge on any atom is 0.534 e. The van der Waals surface area contributed by atoms with E-state index in [9.17, 15) is 21.6 Å². The van der Waals surface area contributed by atoms with Crippen LogP contribution >= 0.6 is 0 Å². The van der Waals surface area contributed by atoms with Gasteiger partial charge >= 0.3 is 15.6 Å². The molecular weight excluding hydrogens is 333 g/mol. The van der Waals surface area contributed by atoms with E-state index >= 15 is 0 Å². The summed E-state index contributed by atoms with van der Waals surface area (Å²) in [6.45, 7) is 2.87. The molecule has 1 fully saturated rings. The molecule has 0 saturated carbocycles. The van der Waals surface area contributed by atoms with Gasteiger partial charge in [0, 0.05) is 0 Å². The monoisotopic (exact) mass is 350 g/mol. The Hall–Kier alpha value is -1.54. The lowest BCUT2D eigenvalue weighted by atomic mass is 9.94. The molecule has 1 heterocycles. The minimum Gasteiger partial charge on any atom is -0.381 e. The van der Waals surface area contributed by atoms with Crippen molar-refractivity contribution >= 4 is 10.1 Å². The zero-order valence-electron chi connectivity index (χ0n) is 12.6. The fourth-order valence-electron chi connectivity index (χ4n) is 2.53. The number of hydrogen-bond acceptors (Lipinski definition) is 4. The molecule has 8 heteroatoms. The van der Waals surface area contributed by atoms with Gasteiger partial charge < -0.3 is 8.92 Å². The third kappa shape index (κ3) is 4.06. The Bertz CT molecular complexity index is 680. The van der Waals surface area contributed by atoms with Crippen molar-refractivity contribution in [2.75, 3.05) is 0 Å². The number of allylic oxidation sites excluding steroid dienone is 1. The minimum atomic E-state index is -5.65. The molecule has 1 aliphatic rings. The molecule has 1 aromatic rings. The molecule has 2 unspecified atom stereocenters. The van der Waals surface area contributed by atoms with Crippen LogP contribution in [0.4, 0.5) is 13.2 Å². The predicted octanol–water partition coefficient (Wildman–Crippen LogP) is 4.07. The number of hydrogen-bond donors (Lipinski definition) is 0. The van der Waals surface area contributed by atoms with Crippen molar-refractivity contribution in [2.45, 2.75) is 44.4 Å². The number of rotatable bonds is 3. The van der Waals surface area contributed by atoms with Crippen molar-refractivity contribution in [3.8, 4) is 0 Å². The van der Waals surface area contributed by atoms with E-state index in [2.05, 4.69) is 4.18 Å². The summed E-state index contributed by atoms with van der Waals surface area (Å²) in [5, 5.41) is 0. The molecule has 23 heavy (non-hydrogen) atoms. The molecule has 0 amide bonds. The maximum atomic E-state index is 12.4. The van der Waals surface area contributed by atoms with Crippen LogP contribution in [0.25, 0.3) is 0 Å². The molecule has 1 saturated heterocycles. The second-order valence-electron chi connectivity index (χ2n) is 5.28. The Labute approximate surface area is 133 Å². The molecular formula is C15H17F3O4S. The molecule has 128 valence electrons. The fourth-order valence-corrected chi connectivity index (χ4v) is 3.06. The molecule has 1 aliphatic heterocycles. The lowest BCUT2D eigenvalue weighted by Crippen LogP contribution is -2.28. The average molecular weight is 350 g/mol. The summed E-state index contributed by atoms with van der Waals surface area (Å²) in [6.07, 6.45) is 0.232. The number of benzene rings is 1. The second-order valence-corrected chi connectivity index (χ2v) is 6.82. The van der Waals surface area contributed by atoms with Crippen molar-refractivity contribution in [1.29, 1.82) is 0 Å². The lowest BCUT2D eigenvalue weighted by molar-refractivity contribution is -0.0528. The fraction of sp³-hybridized carbons (Fsp3) is 0.467. The van der Waals surface area contributed by atoms with Gasteiger partial charge in [-0.2, -0.15) is 21.6 Å². The second kappa shape index (κ2) is 6.52. The van der Waals surface area contributed by atoms with Gasteiger partial charge in [-0.3, -0.25) is 0 Å². The maximum absolute atomic E-state index is 12.4. The first-order valence-corrected chi connectivity index (χ1v) is 8.43. The van der Waals surface area contributed by atoms with Gasteiger partial charge in [0.05, 0.1) is 12.2 Å². The predicted molar refractivity (Wildman–Crippen MR) is 77.7 cm³/mol. The summed E-state index contributed by atoms with van der Waals surface area (Å²) in [7, 11) is -5.65. The molecule has 0 bridgehead atoms. The van der Waals surface area contributed by atoms with Crippen molar-refractivity contribution in [1.82, 2.24) is 0 Å². The normalized spacial score (nSPS) is 25.1. The average Bonchev–Trinajstić information content (AvgIpc) is 2.46. The van der Waals surface area contributed by atoms with E-state index in [4.69, 9.17) is 4.74 Å². The molecule has 2 rings (SSSR count). The van der Waals surface area contributed by atoms with Gasteiger partial charge in [0.1, 0.15) is 5.76 Å². The van der Waals surface area contributed by atoms with Gasteiger partial charge in [-0.1, -0.05) is 30.3 Å². The third-order valence-electron chi connectivity index (χ3n) is 3.68. The molecule has 0 N–H and O–H groups in total. The topological polar surface area (TPSA) is 52.6 Å². The minimum absolute atomic E-state index is 0.179. The SMILES string of the molecule is C/C(OS(=O)(=O)C(F)(F)F)=C1/CCC(c2ccccc2)OC1C. The highest BCUT2D eigenvalue weighted by Crippen LogP contribution is 2.36. The summed E-state index contributed by atoms with van der Waals surface area (Å²) in [5.74, 6) is -0.277. The molecule has 0 aromatic heterocycles. The van der Waals surface area contributed by atoms with Crippen LogP contribution in [0, 0.1) is 0 Å². The van der Waals surface area contributed by atoms with Gasteiger partial charge in [-0.15, -0.1) is 0 Å². The zero-order chi connectivity index (χ0) is 17.3. The Balaban J connectivity index is 2.14. The van der Waals surface area contributed by atoms with Crippen molar-refractivity contribution in [2.24, 2.45) is 0 Å². The molecule has 0 radical (unpaired) electrons. The first-order chi connectivity index (χ1) is 10.6. The molecule has 0 aliphatic carbocycles. The highest BCUT2D eigenvalue weighted by Gasteiger charge is 2.48. The number of ether oxygens (including phenoxy) is 1. The largest absolute Gasteiger partial charge is 0.534 e. The van der Waals surface area contributed by atoms with Crippen molar-refractivity contribution < 1.29 is 30.5 Å². The Kier molecular flexibility index (Phi) is 5.05. The van der Waals surface area contributed by atoms with E-state index < -0.39 is 21.7 Å². The van der Waals surface area contributed by atoms with E-state index in [1.54, 1.807) is 6.92 Å². The summed E-state index contributed by atoms with van der Waals surface area (Å²) in [5.41, 5.74) is -4.05. The van der Waals surface area contributed by atoms with Crippen LogP contribution < -0.4 is 0 Å². The Morgan fingerprint density at radius 2 is 1.87 bits per heavy atom. The highest BCUT2D eigenvalue weighted by atomic mass is 32.2. The summed E-state index contributed by atoms with van der Waals surface area (Å²) >= 11 is 0. The van der Waals surface area contributed by atoms with Crippen LogP contribution in [0.15, 0.2) is 41.7 Å². The quantitative estimate of drug-likeness (QED) is 0.468. The molecule has 0 spiro atoms. The van der Waals surface area contributed by atoms with E-state index in [1.807, 2.05) is 30.3 Å². The zero-order valence-corrected chi connectivity index (χ0v) is 13.4. The smallest absolute Gasteiger partial charge is 0.381 e. The lowest BCUT2D eigenvalue weighted by Gasteiger charge is -2.31. The Morgan fingerprint density at radius 3 is 2.39 bits per heavy atom. The van der Waals surface area contributed by atoms with Crippen LogP contribution in [0.3, 0.4) is 0 Å². The van der Waals surface area contributed by atoms with Gasteiger partial charge in [-0.25, -0.2) is 0 Å². The highest BCUT2D eigenvalue weighted by molar-refractivity contribution is 7.87. The van der Waals surface area contributed by atoms with Crippen LogP contribution in [0.5, 0.6) is 0 Å². The van der Waals surface area contributed by atoms with Crippen LogP contribution in [0.1, 0.15) is 38.4 Å². The van der Waals surface area contributed by atoms with Gasteiger partial charge in [0.15, 0.2) is 0 Å². The Morgan fingerprint density at radius 1 is 1.26 bits per heavy atom. The van der Waals surface area contributed by atoms with E-state index in [1.165, 1.54) is 6.92 Å². The van der Waals surface area contributed by atoms with Crippen LogP contribution in [0.2, 0.25) is 0 Å². The summed E-state index contributed by atoms with van der Waals surface area (Å²) < 4.78 is 69.3. The van der Waals surface area contributed by atoms with Crippen LogP contribution in [-0.4, -0.2) is 20.0 Å². The van der Waals surface area contributed by atoms with E-state index in [0.29, 0.717) is 18.4 Å². The number of alkyl halides is 3. The molecule has 2 atom stereocenters. The van der Waals surface area contributed by atoms with Gasteiger partial charge in [0.25, 0.3) is 0 Å². The first-order valence-electron chi connectivity index (χ1n) is 7.02. The van der Waals surface area contributed by atoms with Gasteiger partial charge in [0.2, 0.25) is 0 Å². The molecule has 4 nitrogen and oxygen atoms in total. The first kappa shape index (κ1) is 17.8. The van der Waals surface area contributed by atoms with Gasteiger partial charge in [-0.05, 0) is 37.8 Å². The molecule has 1 aromatic carbocycles. The van der Waals surface area contributed by atoms with Crippen LogP contribution in [-0.2, 0) is 19.0 Å². The van der Waals surface area contributed by atoms with E-state index in [-0.39, 0.29) is 11.9 Å². The van der Waals surface area contributed by atoms with Crippen molar-refractivity contribution in [3.05, 3.63) is 47.2 Å². The standard InChI is InChI=1S/C15H17F3O4S/c1-10-13(11(2)22-23(19,20)15(16,17)18)8-9-14(21-10)12-6-4-3-5-7-12/h3-7,10,14H,8-9H2,1-2H3/b13-11+. The third-order valence-corrected chi connectivity index (χ3v) is 4.71. The number of halogens is 3.